The molecule has 212 valence electrons. The molecule has 4 saturated heterocycles. The van der Waals surface area contributed by atoms with E-state index >= 15 is 0 Å². The lowest BCUT2D eigenvalue weighted by atomic mass is 9.56. The number of hydrogen-bond donors (Lipinski definition) is 1. The molecular formula is C32H27N3O7. The van der Waals surface area contributed by atoms with Crippen LogP contribution in [0.3, 0.4) is 0 Å². The van der Waals surface area contributed by atoms with Gasteiger partial charge in [0.1, 0.15) is 11.3 Å². The van der Waals surface area contributed by atoms with Crippen LogP contribution in [0.5, 0.6) is 5.75 Å². The lowest BCUT2D eigenvalue weighted by Gasteiger charge is -2.39. The van der Waals surface area contributed by atoms with E-state index in [2.05, 4.69) is 5.32 Å². The predicted molar refractivity (Wildman–Crippen MR) is 149 cm³/mol. The summed E-state index contributed by atoms with van der Waals surface area (Å²) in [6.45, 7) is 1.60. The first-order chi connectivity index (χ1) is 20.3. The van der Waals surface area contributed by atoms with Gasteiger partial charge >= 0.3 is 5.97 Å². The molecule has 10 heteroatoms. The first kappa shape index (κ1) is 26.1. The number of carbonyl (C=O) groups excluding carboxylic acids is 5. The van der Waals surface area contributed by atoms with Gasteiger partial charge in [0.2, 0.25) is 23.6 Å². The van der Waals surface area contributed by atoms with Crippen molar-refractivity contribution in [3.63, 3.8) is 0 Å². The number of hydrogen-bond acceptors (Lipinski definition) is 8. The Balaban J connectivity index is 1.47. The SMILES string of the molecule is CCOC(=O)C12NC(c3ccccc3)(C3C(=O)N(c4ccccc4)C(=O)C31)C1C(=O)N(c3ccc(OC)cc3)C(=O)C12. The van der Waals surface area contributed by atoms with Crippen LogP contribution in [0.2, 0.25) is 0 Å². The summed E-state index contributed by atoms with van der Waals surface area (Å²) in [6, 6.07) is 23.7. The fraction of sp³-hybridized carbons (Fsp3) is 0.281. The zero-order chi connectivity index (χ0) is 29.4. The van der Waals surface area contributed by atoms with Crippen LogP contribution in [-0.2, 0) is 34.2 Å². The molecule has 4 aliphatic heterocycles. The van der Waals surface area contributed by atoms with Gasteiger partial charge in [0, 0.05) is 0 Å². The molecular weight excluding hydrogens is 538 g/mol. The Labute approximate surface area is 241 Å². The molecule has 1 N–H and O–H groups in total. The summed E-state index contributed by atoms with van der Waals surface area (Å²) in [6.07, 6.45) is 0. The summed E-state index contributed by atoms with van der Waals surface area (Å²) in [5.41, 5.74) is -2.30. The van der Waals surface area contributed by atoms with E-state index in [0.29, 0.717) is 22.7 Å². The average molecular weight is 566 g/mol. The van der Waals surface area contributed by atoms with E-state index in [9.17, 15) is 24.0 Å². The molecule has 0 spiro atoms. The van der Waals surface area contributed by atoms with Crippen molar-refractivity contribution in [3.05, 3.63) is 90.5 Å². The summed E-state index contributed by atoms with van der Waals surface area (Å²) >= 11 is 0. The number of para-hydroxylation sites is 1. The molecule has 42 heavy (non-hydrogen) atoms. The van der Waals surface area contributed by atoms with E-state index < -0.39 is 64.3 Å². The molecule has 0 aromatic heterocycles. The maximum absolute atomic E-state index is 14.4. The molecule has 4 amide bonds. The van der Waals surface area contributed by atoms with E-state index in [4.69, 9.17) is 9.47 Å². The molecule has 0 saturated carbocycles. The summed E-state index contributed by atoms with van der Waals surface area (Å²) in [7, 11) is 1.51. The molecule has 2 bridgehead atoms. The molecule has 4 fully saturated rings. The maximum Gasteiger partial charge on any atom is 0.328 e. The van der Waals surface area contributed by atoms with Crippen LogP contribution >= 0.6 is 0 Å². The van der Waals surface area contributed by atoms with Crippen molar-refractivity contribution in [2.24, 2.45) is 23.7 Å². The molecule has 7 rings (SSSR count). The first-order valence-electron chi connectivity index (χ1n) is 13.8. The number of methoxy groups -OCH3 is 1. The highest BCUT2D eigenvalue weighted by atomic mass is 16.5. The van der Waals surface area contributed by atoms with Gasteiger partial charge in [-0.2, -0.15) is 0 Å². The Bertz CT molecular complexity index is 1640. The van der Waals surface area contributed by atoms with Crippen LogP contribution in [-0.4, -0.2) is 48.9 Å². The number of benzene rings is 3. The van der Waals surface area contributed by atoms with Gasteiger partial charge in [0.15, 0.2) is 0 Å². The number of nitrogens with zero attached hydrogens (tertiary/aromatic N) is 2. The fourth-order valence-corrected chi connectivity index (χ4v) is 7.73. The van der Waals surface area contributed by atoms with Gasteiger partial charge in [-0.25, -0.2) is 14.6 Å². The van der Waals surface area contributed by atoms with Crippen LogP contribution in [0, 0.1) is 23.7 Å². The third kappa shape index (κ3) is 3.04. The third-order valence-electron chi connectivity index (χ3n) is 9.20. The topological polar surface area (TPSA) is 122 Å². The number of imide groups is 2. The van der Waals surface area contributed by atoms with E-state index in [0.717, 1.165) is 9.80 Å². The molecule has 0 aliphatic carbocycles. The maximum atomic E-state index is 14.4. The lowest BCUT2D eigenvalue weighted by molar-refractivity contribution is -0.159. The number of amides is 4. The summed E-state index contributed by atoms with van der Waals surface area (Å²) in [5, 5.41) is 3.31. The number of carbonyl (C=O) groups is 5. The molecule has 6 atom stereocenters. The van der Waals surface area contributed by atoms with Gasteiger partial charge in [-0.1, -0.05) is 48.5 Å². The highest BCUT2D eigenvalue weighted by Crippen LogP contribution is 2.68. The molecule has 3 aromatic rings. The second-order valence-corrected chi connectivity index (χ2v) is 10.9. The number of ether oxygens (including phenoxy) is 2. The van der Waals surface area contributed by atoms with Gasteiger partial charge in [0.05, 0.1) is 54.3 Å². The molecule has 10 nitrogen and oxygen atoms in total. The number of nitrogens with one attached hydrogen (secondary N) is 1. The number of anilines is 2. The van der Waals surface area contributed by atoms with E-state index in [-0.39, 0.29) is 6.61 Å². The highest BCUT2D eigenvalue weighted by molar-refractivity contribution is 6.30. The number of esters is 1. The van der Waals surface area contributed by atoms with Crippen LogP contribution in [0.15, 0.2) is 84.9 Å². The third-order valence-corrected chi connectivity index (χ3v) is 9.20. The van der Waals surface area contributed by atoms with Gasteiger partial charge in [0.25, 0.3) is 0 Å². The van der Waals surface area contributed by atoms with Gasteiger partial charge in [-0.3, -0.25) is 24.5 Å². The van der Waals surface area contributed by atoms with Gasteiger partial charge in [-0.15, -0.1) is 0 Å². The van der Waals surface area contributed by atoms with Crippen molar-refractivity contribution < 1.29 is 33.4 Å². The van der Waals surface area contributed by atoms with Gasteiger partial charge in [-0.05, 0) is 48.9 Å². The zero-order valence-electron chi connectivity index (χ0n) is 22.9. The van der Waals surface area contributed by atoms with E-state index in [1.807, 2.05) is 0 Å². The van der Waals surface area contributed by atoms with E-state index in [1.165, 1.54) is 7.11 Å². The minimum atomic E-state index is -1.95. The Kier molecular flexibility index (Phi) is 5.65. The minimum Gasteiger partial charge on any atom is -0.497 e. The van der Waals surface area contributed by atoms with Crippen molar-refractivity contribution in [2.45, 2.75) is 18.0 Å². The first-order valence-corrected chi connectivity index (χ1v) is 13.8. The normalized spacial score (nSPS) is 31.0. The Morgan fingerprint density at radius 2 is 1.19 bits per heavy atom. The summed E-state index contributed by atoms with van der Waals surface area (Å²) in [4.78, 5) is 73.7. The lowest BCUT2D eigenvalue weighted by Crippen LogP contribution is -2.61. The minimum absolute atomic E-state index is 0.0236. The standard InChI is InChI=1S/C32H27N3O7/c1-3-42-30(40)32-24-22(26(36)34(28(24)38)19-12-8-5-9-13-19)31(33-32,18-10-6-4-7-11-18)23-25(32)29(39)35(27(23)37)20-14-16-21(41-2)17-15-20/h4-17,22-25,33H,3H2,1-2H3. The van der Waals surface area contributed by atoms with E-state index in [1.54, 1.807) is 91.9 Å². The van der Waals surface area contributed by atoms with Crippen molar-refractivity contribution in [1.82, 2.24) is 5.32 Å². The quantitative estimate of drug-likeness (QED) is 0.357. The van der Waals surface area contributed by atoms with Crippen molar-refractivity contribution >= 4 is 41.0 Å². The monoisotopic (exact) mass is 565 g/mol. The van der Waals surface area contributed by atoms with Crippen LogP contribution < -0.4 is 19.9 Å². The Morgan fingerprint density at radius 1 is 0.714 bits per heavy atom. The molecule has 6 unspecified atom stereocenters. The Hall–Kier alpha value is -4.83. The molecule has 0 radical (unpaired) electrons. The number of rotatable bonds is 6. The van der Waals surface area contributed by atoms with Crippen LogP contribution in [0.25, 0.3) is 0 Å². The predicted octanol–water partition coefficient (Wildman–Crippen LogP) is 2.42. The van der Waals surface area contributed by atoms with Crippen molar-refractivity contribution in [3.8, 4) is 5.75 Å². The molecule has 4 heterocycles. The van der Waals surface area contributed by atoms with Gasteiger partial charge < -0.3 is 9.47 Å². The average Bonchev–Trinajstić information content (AvgIpc) is 3.69. The summed E-state index contributed by atoms with van der Waals surface area (Å²) in [5.74, 6) is -7.53. The van der Waals surface area contributed by atoms with Crippen molar-refractivity contribution in [2.75, 3.05) is 23.5 Å². The number of fused-ring (bicyclic) bond motifs is 8. The van der Waals surface area contributed by atoms with Crippen LogP contribution in [0.1, 0.15) is 12.5 Å². The highest BCUT2D eigenvalue weighted by Gasteiger charge is 2.88. The zero-order valence-corrected chi connectivity index (χ0v) is 22.9. The summed E-state index contributed by atoms with van der Waals surface area (Å²) < 4.78 is 10.8. The second-order valence-electron chi connectivity index (χ2n) is 10.9. The largest absolute Gasteiger partial charge is 0.497 e. The molecule has 3 aromatic carbocycles. The smallest absolute Gasteiger partial charge is 0.328 e. The second kappa shape index (κ2) is 9.09. The van der Waals surface area contributed by atoms with Crippen molar-refractivity contribution in [1.29, 1.82) is 0 Å². The fourth-order valence-electron chi connectivity index (χ4n) is 7.73. The molecule has 4 aliphatic rings. The Morgan fingerprint density at radius 3 is 1.69 bits per heavy atom. The van der Waals surface area contributed by atoms with Crippen LogP contribution in [0.4, 0.5) is 11.4 Å².